The quantitative estimate of drug-likeness (QED) is 0.209. The van der Waals surface area contributed by atoms with E-state index in [0.717, 1.165) is 0 Å². The molecule has 1 aliphatic heterocycles. The van der Waals surface area contributed by atoms with Gasteiger partial charge in [-0.25, -0.2) is 0 Å². The van der Waals surface area contributed by atoms with Gasteiger partial charge < -0.3 is 9.80 Å². The number of hydrogen-bond donors (Lipinski definition) is 0. The van der Waals surface area contributed by atoms with Gasteiger partial charge in [0.25, 0.3) is 0 Å². The van der Waals surface area contributed by atoms with Crippen LogP contribution >= 0.6 is 0 Å². The zero-order valence-corrected chi connectivity index (χ0v) is 19.1. The molecule has 2 heteroatoms. The molecule has 1 aliphatic rings. The van der Waals surface area contributed by atoms with E-state index in [0.29, 0.717) is 6.17 Å². The van der Waals surface area contributed by atoms with Crippen molar-refractivity contribution < 1.29 is 0 Å². The van der Waals surface area contributed by atoms with Gasteiger partial charge in [-0.3, -0.25) is 0 Å². The summed E-state index contributed by atoms with van der Waals surface area (Å²) in [5, 5.41) is 0. The van der Waals surface area contributed by atoms with Crippen molar-refractivity contribution in [2.45, 2.75) is 136 Å². The molecule has 0 amide bonds. The Balaban J connectivity index is 2.03. The van der Waals surface area contributed by atoms with Crippen LogP contribution in [0.3, 0.4) is 0 Å². The van der Waals surface area contributed by atoms with E-state index in [9.17, 15) is 0 Å². The van der Waals surface area contributed by atoms with Gasteiger partial charge in [-0.05, 0) is 19.3 Å². The second-order valence-corrected chi connectivity index (χ2v) is 8.61. The molecular formula is C25H50N2. The van der Waals surface area contributed by atoms with Gasteiger partial charge in [-0.1, -0.05) is 111 Å². The first-order valence-corrected chi connectivity index (χ1v) is 12.5. The first kappa shape index (κ1) is 24.4. The van der Waals surface area contributed by atoms with Crippen LogP contribution in [0.5, 0.6) is 0 Å². The highest BCUT2D eigenvalue weighted by Gasteiger charge is 2.23. The summed E-state index contributed by atoms with van der Waals surface area (Å²) in [6, 6.07) is 0. The summed E-state index contributed by atoms with van der Waals surface area (Å²) in [5.41, 5.74) is 0. The van der Waals surface area contributed by atoms with Gasteiger partial charge in [0.15, 0.2) is 0 Å². The van der Waals surface area contributed by atoms with Crippen LogP contribution in [0, 0.1) is 0 Å². The Kier molecular flexibility index (Phi) is 15.7. The van der Waals surface area contributed by atoms with Gasteiger partial charge in [0.2, 0.25) is 0 Å². The minimum atomic E-state index is 0.624. The first-order valence-electron chi connectivity index (χ1n) is 12.5. The number of rotatable bonds is 19. The van der Waals surface area contributed by atoms with Crippen molar-refractivity contribution in [1.82, 2.24) is 9.80 Å². The van der Waals surface area contributed by atoms with E-state index in [1.54, 1.807) is 0 Å². The molecule has 0 aromatic heterocycles. The SMILES string of the molecule is CCCCCCCCCCCN1C=CN(CCCCCCCCC)C1CC. The minimum absolute atomic E-state index is 0.624. The van der Waals surface area contributed by atoms with Gasteiger partial charge in [0.05, 0.1) is 0 Å². The molecule has 0 bridgehead atoms. The van der Waals surface area contributed by atoms with Crippen LogP contribution in [-0.4, -0.2) is 29.1 Å². The molecule has 1 atom stereocenters. The molecule has 1 heterocycles. The molecule has 0 spiro atoms. The summed E-state index contributed by atoms with van der Waals surface area (Å²) in [7, 11) is 0. The average molecular weight is 379 g/mol. The van der Waals surface area contributed by atoms with Gasteiger partial charge >= 0.3 is 0 Å². The second-order valence-electron chi connectivity index (χ2n) is 8.61. The highest BCUT2D eigenvalue weighted by Crippen LogP contribution is 2.21. The van der Waals surface area contributed by atoms with Crippen molar-refractivity contribution in [1.29, 1.82) is 0 Å². The van der Waals surface area contributed by atoms with Crippen LogP contribution < -0.4 is 0 Å². The Morgan fingerprint density at radius 3 is 1.15 bits per heavy atom. The average Bonchev–Trinajstić information content (AvgIpc) is 3.07. The van der Waals surface area contributed by atoms with Crippen molar-refractivity contribution in [2.24, 2.45) is 0 Å². The van der Waals surface area contributed by atoms with Gasteiger partial charge in [-0.2, -0.15) is 0 Å². The summed E-state index contributed by atoms with van der Waals surface area (Å²) in [6.45, 7) is 9.44. The molecule has 0 N–H and O–H groups in total. The normalized spacial score (nSPS) is 16.6. The monoisotopic (exact) mass is 378 g/mol. The van der Waals surface area contributed by atoms with E-state index in [2.05, 4.69) is 43.0 Å². The Morgan fingerprint density at radius 1 is 0.481 bits per heavy atom. The molecular weight excluding hydrogens is 328 g/mol. The lowest BCUT2D eigenvalue weighted by atomic mass is 10.1. The lowest BCUT2D eigenvalue weighted by molar-refractivity contribution is 0.144. The highest BCUT2D eigenvalue weighted by atomic mass is 15.4. The fourth-order valence-corrected chi connectivity index (χ4v) is 4.33. The summed E-state index contributed by atoms with van der Waals surface area (Å²) in [6.07, 6.45) is 29.2. The molecule has 0 aliphatic carbocycles. The van der Waals surface area contributed by atoms with Crippen molar-refractivity contribution in [3.8, 4) is 0 Å². The molecule has 160 valence electrons. The maximum absolute atomic E-state index is 2.60. The Hall–Kier alpha value is -0.660. The van der Waals surface area contributed by atoms with Crippen molar-refractivity contribution in [2.75, 3.05) is 13.1 Å². The molecule has 0 aromatic carbocycles. The number of nitrogens with zero attached hydrogens (tertiary/aromatic N) is 2. The Bertz CT molecular complexity index is 339. The Labute approximate surface area is 171 Å². The van der Waals surface area contributed by atoms with Crippen LogP contribution in [0.1, 0.15) is 130 Å². The number of hydrogen-bond acceptors (Lipinski definition) is 2. The van der Waals surface area contributed by atoms with Crippen molar-refractivity contribution >= 4 is 0 Å². The predicted molar refractivity (Wildman–Crippen MR) is 122 cm³/mol. The smallest absolute Gasteiger partial charge is 0.100 e. The van der Waals surface area contributed by atoms with E-state index in [4.69, 9.17) is 0 Å². The predicted octanol–water partition coefficient (Wildman–Crippen LogP) is 8.09. The van der Waals surface area contributed by atoms with Crippen LogP contribution in [-0.2, 0) is 0 Å². The molecule has 27 heavy (non-hydrogen) atoms. The Morgan fingerprint density at radius 2 is 0.815 bits per heavy atom. The minimum Gasteiger partial charge on any atom is -0.356 e. The van der Waals surface area contributed by atoms with Crippen LogP contribution in [0.4, 0.5) is 0 Å². The van der Waals surface area contributed by atoms with Crippen LogP contribution in [0.25, 0.3) is 0 Å². The molecule has 0 saturated carbocycles. The fourth-order valence-electron chi connectivity index (χ4n) is 4.33. The van der Waals surface area contributed by atoms with Crippen molar-refractivity contribution in [3.05, 3.63) is 12.4 Å². The largest absolute Gasteiger partial charge is 0.356 e. The lowest BCUT2D eigenvalue weighted by Crippen LogP contribution is -2.38. The van der Waals surface area contributed by atoms with E-state index in [1.807, 2.05) is 0 Å². The zero-order valence-electron chi connectivity index (χ0n) is 19.1. The number of unbranched alkanes of at least 4 members (excludes halogenated alkanes) is 14. The maximum atomic E-state index is 2.60. The highest BCUT2D eigenvalue weighted by molar-refractivity contribution is 4.96. The summed E-state index contributed by atoms with van der Waals surface area (Å²) >= 11 is 0. The van der Waals surface area contributed by atoms with E-state index >= 15 is 0 Å². The molecule has 0 radical (unpaired) electrons. The second kappa shape index (κ2) is 17.4. The van der Waals surface area contributed by atoms with E-state index in [1.165, 1.54) is 122 Å². The standard InChI is InChI=1S/C25H50N2/c1-4-7-9-11-13-14-16-18-20-22-27-24-23-26(25(27)6-3)21-19-17-15-12-10-8-5-2/h23-25H,4-22H2,1-3H3. The van der Waals surface area contributed by atoms with Gasteiger partial charge in [0.1, 0.15) is 6.17 Å². The third kappa shape index (κ3) is 11.7. The molecule has 1 rings (SSSR count). The van der Waals surface area contributed by atoms with Crippen LogP contribution in [0.15, 0.2) is 12.4 Å². The van der Waals surface area contributed by atoms with Crippen molar-refractivity contribution in [3.63, 3.8) is 0 Å². The molecule has 0 aromatic rings. The third-order valence-corrected chi connectivity index (χ3v) is 6.12. The molecule has 0 fully saturated rings. The maximum Gasteiger partial charge on any atom is 0.100 e. The van der Waals surface area contributed by atoms with Gasteiger partial charge in [0, 0.05) is 25.5 Å². The summed E-state index contributed by atoms with van der Waals surface area (Å²) in [4.78, 5) is 5.20. The molecule has 2 nitrogen and oxygen atoms in total. The van der Waals surface area contributed by atoms with Gasteiger partial charge in [-0.15, -0.1) is 0 Å². The molecule has 1 unspecified atom stereocenters. The fraction of sp³-hybridized carbons (Fsp3) is 0.920. The molecule has 0 saturated heterocycles. The van der Waals surface area contributed by atoms with Crippen LogP contribution in [0.2, 0.25) is 0 Å². The topological polar surface area (TPSA) is 6.48 Å². The zero-order chi connectivity index (χ0) is 19.6. The van der Waals surface area contributed by atoms with E-state index < -0.39 is 0 Å². The summed E-state index contributed by atoms with van der Waals surface area (Å²) in [5.74, 6) is 0. The van der Waals surface area contributed by atoms with E-state index in [-0.39, 0.29) is 0 Å². The summed E-state index contributed by atoms with van der Waals surface area (Å²) < 4.78 is 0. The third-order valence-electron chi connectivity index (χ3n) is 6.12. The first-order chi connectivity index (χ1) is 13.3. The lowest BCUT2D eigenvalue weighted by Gasteiger charge is -2.32.